The highest BCUT2D eigenvalue weighted by Crippen LogP contribution is 2.38. The number of hydrogen-bond donors (Lipinski definition) is 3. The molecule has 22 heavy (non-hydrogen) atoms. The van der Waals surface area contributed by atoms with Crippen LogP contribution >= 0.6 is 0 Å². The highest BCUT2D eigenvalue weighted by Gasteiger charge is 2.32. The van der Waals surface area contributed by atoms with Crippen molar-refractivity contribution in [3.05, 3.63) is 29.8 Å². The lowest BCUT2D eigenvalue weighted by molar-refractivity contribution is -0.268. The van der Waals surface area contributed by atoms with Crippen molar-refractivity contribution in [3.63, 3.8) is 0 Å². The zero-order valence-electron chi connectivity index (χ0n) is 12.5. The lowest BCUT2D eigenvalue weighted by Crippen LogP contribution is -2.34. The van der Waals surface area contributed by atoms with Gasteiger partial charge in [-0.2, -0.15) is 0 Å². The van der Waals surface area contributed by atoms with Crippen LogP contribution in [0.25, 0.3) is 0 Å². The Hall–Kier alpha value is -2.08. The molecule has 2 rings (SSSR count). The van der Waals surface area contributed by atoms with Gasteiger partial charge < -0.3 is 21.1 Å². The fraction of sp³-hybridized carbons (Fsp3) is 0.500. The van der Waals surface area contributed by atoms with Gasteiger partial charge in [0.1, 0.15) is 0 Å². The molecule has 0 aromatic heterocycles. The standard InChI is InChI=1S/C9H17NO2.C7H6O3/c10-7-9(6-8(11)12)4-2-1-3-5-9;8-6-4-2-1-3-5(6)7(9)10/h1-7,10H2,(H,11,12);1-4,8H,(H,9,10)/p-1. The Morgan fingerprint density at radius 3 is 2.14 bits per heavy atom. The SMILES string of the molecule is NCC1(CC(=O)O)CCCCC1.O=C(O)c1ccccc1[O-]. The van der Waals surface area contributed by atoms with Crippen LogP contribution in [0.2, 0.25) is 0 Å². The van der Waals surface area contributed by atoms with E-state index in [1.165, 1.54) is 30.7 Å². The van der Waals surface area contributed by atoms with Gasteiger partial charge in [-0.1, -0.05) is 43.2 Å². The van der Waals surface area contributed by atoms with Gasteiger partial charge in [0, 0.05) is 0 Å². The van der Waals surface area contributed by atoms with Crippen molar-refractivity contribution < 1.29 is 24.9 Å². The van der Waals surface area contributed by atoms with Gasteiger partial charge in [-0.15, -0.1) is 0 Å². The van der Waals surface area contributed by atoms with Gasteiger partial charge in [0.15, 0.2) is 0 Å². The Labute approximate surface area is 129 Å². The normalized spacial score (nSPS) is 16.2. The summed E-state index contributed by atoms with van der Waals surface area (Å²) in [7, 11) is 0. The zero-order valence-corrected chi connectivity index (χ0v) is 12.5. The molecule has 0 radical (unpaired) electrons. The molecule has 6 heteroatoms. The third-order valence-electron chi connectivity index (χ3n) is 3.99. The van der Waals surface area contributed by atoms with E-state index in [-0.39, 0.29) is 17.4 Å². The number of para-hydroxylation sites is 1. The predicted octanol–water partition coefficient (Wildman–Crippen LogP) is 1.83. The molecule has 1 aromatic rings. The minimum Gasteiger partial charge on any atom is -0.872 e. The molecule has 0 heterocycles. The van der Waals surface area contributed by atoms with Gasteiger partial charge >= 0.3 is 11.9 Å². The molecule has 1 aromatic carbocycles. The lowest BCUT2D eigenvalue weighted by Gasteiger charge is -2.34. The van der Waals surface area contributed by atoms with Gasteiger partial charge in [0.05, 0.1) is 12.0 Å². The summed E-state index contributed by atoms with van der Waals surface area (Å²) in [5.74, 6) is -2.33. The summed E-state index contributed by atoms with van der Waals surface area (Å²) < 4.78 is 0. The van der Waals surface area contributed by atoms with Gasteiger partial charge in [-0.05, 0) is 30.9 Å². The van der Waals surface area contributed by atoms with Crippen molar-refractivity contribution in [1.29, 1.82) is 0 Å². The molecule has 1 aliphatic rings. The van der Waals surface area contributed by atoms with Crippen molar-refractivity contribution in [3.8, 4) is 5.75 Å². The number of carbonyl (C=O) groups is 2. The van der Waals surface area contributed by atoms with Crippen molar-refractivity contribution >= 4 is 11.9 Å². The second kappa shape index (κ2) is 8.38. The van der Waals surface area contributed by atoms with Crippen LogP contribution in [0, 0.1) is 5.41 Å². The average Bonchev–Trinajstić information content (AvgIpc) is 2.48. The zero-order chi connectivity index (χ0) is 16.6. The fourth-order valence-electron chi connectivity index (χ4n) is 2.72. The van der Waals surface area contributed by atoms with E-state index >= 15 is 0 Å². The predicted molar refractivity (Wildman–Crippen MR) is 79.7 cm³/mol. The van der Waals surface area contributed by atoms with Crippen LogP contribution in [0.1, 0.15) is 48.9 Å². The van der Waals surface area contributed by atoms with Crippen LogP contribution in [0.15, 0.2) is 24.3 Å². The summed E-state index contributed by atoms with van der Waals surface area (Å²) in [6.07, 6.45) is 5.77. The summed E-state index contributed by atoms with van der Waals surface area (Å²) >= 11 is 0. The van der Waals surface area contributed by atoms with Gasteiger partial charge in [0.2, 0.25) is 0 Å². The summed E-state index contributed by atoms with van der Waals surface area (Å²) in [5.41, 5.74) is 5.37. The molecule has 0 amide bonds. The number of aromatic carboxylic acids is 1. The molecule has 0 bridgehead atoms. The Morgan fingerprint density at radius 2 is 1.73 bits per heavy atom. The number of nitrogens with two attached hydrogens (primary N) is 1. The Bertz CT molecular complexity index is 509. The number of aliphatic carboxylic acids is 1. The number of rotatable bonds is 4. The van der Waals surface area contributed by atoms with Crippen molar-refractivity contribution in [2.45, 2.75) is 38.5 Å². The molecule has 1 saturated carbocycles. The first-order valence-electron chi connectivity index (χ1n) is 7.31. The Morgan fingerprint density at radius 1 is 1.14 bits per heavy atom. The van der Waals surface area contributed by atoms with Gasteiger partial charge in [-0.25, -0.2) is 4.79 Å². The first-order valence-corrected chi connectivity index (χ1v) is 7.31. The fourth-order valence-corrected chi connectivity index (χ4v) is 2.72. The maximum absolute atomic E-state index is 10.7. The maximum Gasteiger partial charge on any atom is 0.335 e. The second-order valence-electron chi connectivity index (χ2n) is 5.64. The number of carboxylic acids is 2. The Balaban J connectivity index is 0.000000224. The molecule has 122 valence electrons. The quantitative estimate of drug-likeness (QED) is 0.779. The molecule has 0 aliphatic heterocycles. The second-order valence-corrected chi connectivity index (χ2v) is 5.64. The monoisotopic (exact) mass is 308 g/mol. The molecule has 0 unspecified atom stereocenters. The highest BCUT2D eigenvalue weighted by atomic mass is 16.4. The summed E-state index contributed by atoms with van der Waals surface area (Å²) in [4.78, 5) is 20.8. The molecule has 1 aliphatic carbocycles. The average molecular weight is 308 g/mol. The molecule has 6 nitrogen and oxygen atoms in total. The van der Waals surface area contributed by atoms with Gasteiger partial charge in [0.25, 0.3) is 0 Å². The molecule has 0 saturated heterocycles. The van der Waals surface area contributed by atoms with E-state index in [4.69, 9.17) is 15.9 Å². The van der Waals surface area contributed by atoms with E-state index in [1.807, 2.05) is 0 Å². The van der Waals surface area contributed by atoms with Crippen molar-refractivity contribution in [1.82, 2.24) is 0 Å². The van der Waals surface area contributed by atoms with Crippen LogP contribution in [-0.4, -0.2) is 28.7 Å². The van der Waals surface area contributed by atoms with Crippen molar-refractivity contribution in [2.75, 3.05) is 6.54 Å². The van der Waals surface area contributed by atoms with E-state index in [2.05, 4.69) is 0 Å². The van der Waals surface area contributed by atoms with Crippen LogP contribution in [0.4, 0.5) is 0 Å². The van der Waals surface area contributed by atoms with Crippen LogP contribution in [-0.2, 0) is 4.79 Å². The van der Waals surface area contributed by atoms with E-state index in [9.17, 15) is 14.7 Å². The summed E-state index contributed by atoms with van der Waals surface area (Å²) in [5, 5.41) is 27.8. The maximum atomic E-state index is 10.7. The summed E-state index contributed by atoms with van der Waals surface area (Å²) in [6.45, 7) is 0.527. The minimum absolute atomic E-state index is 0.0793. The first-order chi connectivity index (χ1) is 10.4. The number of carboxylic acid groups (broad SMARTS) is 2. The minimum atomic E-state index is -1.18. The third-order valence-corrected chi connectivity index (χ3v) is 3.99. The third kappa shape index (κ3) is 5.37. The van der Waals surface area contributed by atoms with E-state index in [1.54, 1.807) is 0 Å². The topological polar surface area (TPSA) is 124 Å². The van der Waals surface area contributed by atoms with Gasteiger partial charge in [-0.3, -0.25) is 4.79 Å². The Kier molecular flexibility index (Phi) is 6.85. The van der Waals surface area contributed by atoms with E-state index in [0.717, 1.165) is 25.7 Å². The van der Waals surface area contributed by atoms with E-state index < -0.39 is 17.7 Å². The molecule has 0 spiro atoms. The molecule has 4 N–H and O–H groups in total. The largest absolute Gasteiger partial charge is 0.872 e. The molecular formula is C16H22NO5-. The molecule has 1 fully saturated rings. The molecule has 0 atom stereocenters. The van der Waals surface area contributed by atoms with Crippen LogP contribution in [0.5, 0.6) is 5.75 Å². The first kappa shape index (κ1) is 18.0. The molecular weight excluding hydrogens is 286 g/mol. The van der Waals surface area contributed by atoms with Crippen LogP contribution < -0.4 is 10.8 Å². The van der Waals surface area contributed by atoms with Crippen LogP contribution in [0.3, 0.4) is 0 Å². The summed E-state index contributed by atoms with van der Waals surface area (Å²) in [6, 6.07) is 5.54. The number of hydrogen-bond acceptors (Lipinski definition) is 4. The lowest BCUT2D eigenvalue weighted by atomic mass is 9.72. The highest BCUT2D eigenvalue weighted by molar-refractivity contribution is 5.90. The smallest absolute Gasteiger partial charge is 0.335 e. The van der Waals surface area contributed by atoms with Crippen molar-refractivity contribution in [2.24, 2.45) is 11.1 Å². The van der Waals surface area contributed by atoms with E-state index in [0.29, 0.717) is 6.54 Å². The number of benzene rings is 1.